The molecule has 24 heavy (non-hydrogen) atoms. The smallest absolute Gasteiger partial charge is 0.227 e. The molecular formula is C20H31N3O. The minimum Gasteiger partial charge on any atom is -0.338 e. The number of carbonyl (C=O) groups excluding carboxylic acids is 1. The van der Waals surface area contributed by atoms with Crippen molar-refractivity contribution < 1.29 is 4.79 Å². The minimum absolute atomic E-state index is 0.179. The van der Waals surface area contributed by atoms with E-state index in [9.17, 15) is 4.79 Å². The zero-order valence-electron chi connectivity index (χ0n) is 15.3. The summed E-state index contributed by atoms with van der Waals surface area (Å²) in [5.74, 6) is 0.555. The highest BCUT2D eigenvalue weighted by Gasteiger charge is 2.38. The summed E-state index contributed by atoms with van der Waals surface area (Å²) < 4.78 is 0. The predicted octanol–water partition coefficient (Wildman–Crippen LogP) is 2.45. The Kier molecular flexibility index (Phi) is 5.57. The fraction of sp³-hybridized carbons (Fsp3) is 0.650. The molecule has 0 aliphatic carbocycles. The van der Waals surface area contributed by atoms with Gasteiger partial charge in [0.05, 0.1) is 5.92 Å². The van der Waals surface area contributed by atoms with Crippen LogP contribution in [0.5, 0.6) is 0 Å². The summed E-state index contributed by atoms with van der Waals surface area (Å²) in [5.41, 5.74) is 1.36. The fourth-order valence-electron chi connectivity index (χ4n) is 4.20. The van der Waals surface area contributed by atoms with Gasteiger partial charge >= 0.3 is 0 Å². The molecule has 0 saturated carbocycles. The maximum atomic E-state index is 13.1. The van der Waals surface area contributed by atoms with E-state index in [2.05, 4.69) is 65.9 Å². The Balaban J connectivity index is 1.62. The quantitative estimate of drug-likeness (QED) is 0.852. The molecule has 0 spiro atoms. The van der Waals surface area contributed by atoms with Crippen molar-refractivity contribution >= 4 is 5.91 Å². The van der Waals surface area contributed by atoms with Crippen LogP contribution in [0.1, 0.15) is 32.3 Å². The van der Waals surface area contributed by atoms with Gasteiger partial charge in [0.25, 0.3) is 0 Å². The molecular weight excluding hydrogens is 298 g/mol. The average Bonchev–Trinajstić information content (AvgIpc) is 2.79. The summed E-state index contributed by atoms with van der Waals surface area (Å²) in [6, 6.07) is 11.3. The van der Waals surface area contributed by atoms with Gasteiger partial charge in [0.1, 0.15) is 0 Å². The Bertz CT molecular complexity index is 547. The standard InChI is InChI=1S/C20H31N3O/c1-16-14-22(15-18-8-5-4-6-9-18)11-7-12-23(16)20(24)19-10-13-21(3)17(19)2/h4-6,8-9,16-17,19H,7,10-15H2,1-3H3/t16?,17-,19-/m1/s1. The Hall–Kier alpha value is -1.39. The van der Waals surface area contributed by atoms with Crippen LogP contribution in [0, 0.1) is 5.92 Å². The number of nitrogens with zero attached hydrogens (tertiary/aromatic N) is 3. The third kappa shape index (κ3) is 3.81. The Morgan fingerprint density at radius 3 is 2.54 bits per heavy atom. The SMILES string of the molecule is CC1CN(Cc2ccccc2)CCCN1C(=O)[C@@H]1CCN(C)[C@@H]1C. The van der Waals surface area contributed by atoms with E-state index in [4.69, 9.17) is 0 Å². The summed E-state index contributed by atoms with van der Waals surface area (Å²) >= 11 is 0. The first-order valence-corrected chi connectivity index (χ1v) is 9.33. The van der Waals surface area contributed by atoms with E-state index in [1.807, 2.05) is 0 Å². The molecule has 4 nitrogen and oxygen atoms in total. The zero-order chi connectivity index (χ0) is 17.1. The summed E-state index contributed by atoms with van der Waals surface area (Å²) in [4.78, 5) is 20.0. The lowest BCUT2D eigenvalue weighted by Gasteiger charge is -2.32. The third-order valence-corrected chi connectivity index (χ3v) is 5.85. The van der Waals surface area contributed by atoms with E-state index in [-0.39, 0.29) is 5.92 Å². The molecule has 0 N–H and O–H groups in total. The van der Waals surface area contributed by atoms with Crippen molar-refractivity contribution in [2.75, 3.05) is 33.2 Å². The Morgan fingerprint density at radius 2 is 1.88 bits per heavy atom. The molecule has 2 aliphatic heterocycles. The fourth-order valence-corrected chi connectivity index (χ4v) is 4.20. The van der Waals surface area contributed by atoms with Gasteiger partial charge in [0.15, 0.2) is 0 Å². The summed E-state index contributed by atoms with van der Waals surface area (Å²) in [5, 5.41) is 0. The molecule has 3 atom stereocenters. The van der Waals surface area contributed by atoms with Crippen molar-refractivity contribution in [2.24, 2.45) is 5.92 Å². The number of carbonyl (C=O) groups is 1. The first-order chi connectivity index (χ1) is 11.6. The molecule has 1 aromatic carbocycles. The Morgan fingerprint density at radius 1 is 1.12 bits per heavy atom. The molecule has 4 heteroatoms. The van der Waals surface area contributed by atoms with Crippen LogP contribution in [0.25, 0.3) is 0 Å². The van der Waals surface area contributed by atoms with E-state index in [1.165, 1.54) is 5.56 Å². The Labute approximate surface area is 146 Å². The second kappa shape index (κ2) is 7.66. The van der Waals surface area contributed by atoms with Gasteiger partial charge in [-0.1, -0.05) is 30.3 Å². The van der Waals surface area contributed by atoms with Gasteiger partial charge in [-0.05, 0) is 45.8 Å². The summed E-state index contributed by atoms with van der Waals surface area (Å²) in [6.07, 6.45) is 2.08. The van der Waals surface area contributed by atoms with Crippen molar-refractivity contribution in [3.63, 3.8) is 0 Å². The first kappa shape index (κ1) is 17.4. The van der Waals surface area contributed by atoms with Crippen molar-refractivity contribution in [1.82, 2.24) is 14.7 Å². The van der Waals surface area contributed by atoms with E-state index in [0.717, 1.165) is 45.6 Å². The van der Waals surface area contributed by atoms with E-state index < -0.39 is 0 Å². The van der Waals surface area contributed by atoms with Gasteiger partial charge in [-0.3, -0.25) is 9.69 Å². The van der Waals surface area contributed by atoms with Crippen LogP contribution in [-0.2, 0) is 11.3 Å². The lowest BCUT2D eigenvalue weighted by atomic mass is 9.99. The molecule has 0 bridgehead atoms. The average molecular weight is 329 g/mol. The minimum atomic E-state index is 0.179. The van der Waals surface area contributed by atoms with E-state index in [1.54, 1.807) is 0 Å². The predicted molar refractivity (Wildman–Crippen MR) is 97.7 cm³/mol. The van der Waals surface area contributed by atoms with E-state index >= 15 is 0 Å². The monoisotopic (exact) mass is 329 g/mol. The maximum Gasteiger partial charge on any atom is 0.227 e. The van der Waals surface area contributed by atoms with Crippen LogP contribution >= 0.6 is 0 Å². The second-order valence-electron chi connectivity index (χ2n) is 7.57. The molecule has 2 fully saturated rings. The van der Waals surface area contributed by atoms with Crippen LogP contribution in [0.4, 0.5) is 0 Å². The van der Waals surface area contributed by atoms with Crippen molar-refractivity contribution in [3.8, 4) is 0 Å². The zero-order valence-corrected chi connectivity index (χ0v) is 15.3. The van der Waals surface area contributed by atoms with Gasteiger partial charge in [-0.2, -0.15) is 0 Å². The van der Waals surface area contributed by atoms with Gasteiger partial charge in [-0.15, -0.1) is 0 Å². The molecule has 0 radical (unpaired) electrons. The first-order valence-electron chi connectivity index (χ1n) is 9.33. The summed E-state index contributed by atoms with van der Waals surface area (Å²) in [6.45, 7) is 9.37. The highest BCUT2D eigenvalue weighted by molar-refractivity contribution is 5.80. The molecule has 2 aliphatic rings. The second-order valence-corrected chi connectivity index (χ2v) is 7.57. The van der Waals surface area contributed by atoms with Crippen molar-refractivity contribution in [1.29, 1.82) is 0 Å². The van der Waals surface area contributed by atoms with Crippen LogP contribution in [0.3, 0.4) is 0 Å². The van der Waals surface area contributed by atoms with Crippen LogP contribution in [0.15, 0.2) is 30.3 Å². The highest BCUT2D eigenvalue weighted by Crippen LogP contribution is 2.26. The largest absolute Gasteiger partial charge is 0.338 e. The van der Waals surface area contributed by atoms with Gasteiger partial charge in [0, 0.05) is 38.3 Å². The molecule has 0 aromatic heterocycles. The van der Waals surface area contributed by atoms with Gasteiger partial charge in [0.2, 0.25) is 5.91 Å². The molecule has 1 aromatic rings. The lowest BCUT2D eigenvalue weighted by molar-refractivity contribution is -0.138. The molecule has 1 amide bonds. The topological polar surface area (TPSA) is 26.8 Å². The van der Waals surface area contributed by atoms with Crippen LogP contribution < -0.4 is 0 Å². The number of amides is 1. The normalized spacial score (nSPS) is 29.6. The van der Waals surface area contributed by atoms with Gasteiger partial charge in [-0.25, -0.2) is 0 Å². The molecule has 1 unspecified atom stereocenters. The third-order valence-electron chi connectivity index (χ3n) is 5.85. The van der Waals surface area contributed by atoms with Crippen molar-refractivity contribution in [2.45, 2.75) is 45.3 Å². The molecule has 2 heterocycles. The lowest BCUT2D eigenvalue weighted by Crippen LogP contribution is -2.47. The number of benzene rings is 1. The molecule has 132 valence electrons. The van der Waals surface area contributed by atoms with Crippen LogP contribution in [0.2, 0.25) is 0 Å². The highest BCUT2D eigenvalue weighted by atomic mass is 16.2. The maximum absolute atomic E-state index is 13.1. The number of hydrogen-bond donors (Lipinski definition) is 0. The van der Waals surface area contributed by atoms with E-state index in [0.29, 0.717) is 18.0 Å². The molecule has 3 rings (SSSR count). The van der Waals surface area contributed by atoms with Gasteiger partial charge < -0.3 is 9.80 Å². The summed E-state index contributed by atoms with van der Waals surface area (Å²) in [7, 11) is 2.13. The van der Waals surface area contributed by atoms with Crippen molar-refractivity contribution in [3.05, 3.63) is 35.9 Å². The number of likely N-dealkylation sites (tertiary alicyclic amines) is 1. The number of hydrogen-bond acceptors (Lipinski definition) is 3. The van der Waals surface area contributed by atoms with Crippen LogP contribution in [-0.4, -0.2) is 65.9 Å². The molecule has 2 saturated heterocycles. The number of rotatable bonds is 3.